The van der Waals surface area contributed by atoms with Crippen molar-refractivity contribution >= 4 is 34.7 Å². The summed E-state index contributed by atoms with van der Waals surface area (Å²) in [6.07, 6.45) is 0.134. The molecule has 1 aromatic heterocycles. The van der Waals surface area contributed by atoms with Crippen LogP contribution in [-0.4, -0.2) is 22.1 Å². The highest BCUT2D eigenvalue weighted by atomic mass is 32.1. The van der Waals surface area contributed by atoms with Crippen LogP contribution in [0.5, 0.6) is 0 Å². The molecule has 1 aliphatic carbocycles. The second-order valence-electron chi connectivity index (χ2n) is 8.15. The number of urea groups is 1. The molecule has 4 rings (SSSR count). The zero-order chi connectivity index (χ0) is 24.3. The second kappa shape index (κ2) is 9.84. The highest BCUT2D eigenvalue weighted by Gasteiger charge is 2.33. The minimum atomic E-state index is -4.57. The lowest BCUT2D eigenvalue weighted by molar-refractivity contribution is -0.143. The van der Waals surface area contributed by atoms with Crippen LogP contribution in [0.3, 0.4) is 0 Å². The predicted octanol–water partition coefficient (Wildman–Crippen LogP) is 6.83. The molecule has 1 saturated carbocycles. The van der Waals surface area contributed by atoms with Crippen LogP contribution in [0.15, 0.2) is 54.7 Å². The van der Waals surface area contributed by atoms with Gasteiger partial charge in [-0.15, -0.1) is 11.3 Å². The van der Waals surface area contributed by atoms with Crippen molar-refractivity contribution in [2.24, 2.45) is 5.92 Å². The first-order valence-corrected chi connectivity index (χ1v) is 11.6. The number of halogens is 3. The molecule has 1 fully saturated rings. The molecule has 3 aromatic rings. The highest BCUT2D eigenvalue weighted by Crippen LogP contribution is 2.39. The van der Waals surface area contributed by atoms with E-state index in [1.54, 1.807) is 41.8 Å². The quantitative estimate of drug-likeness (QED) is 0.366. The molecule has 0 spiro atoms. The Morgan fingerprint density at radius 1 is 0.971 bits per heavy atom. The lowest BCUT2D eigenvalue weighted by Crippen LogP contribution is -2.21. The normalized spacial score (nSPS) is 18.3. The number of carboxylic acid groups (broad SMARTS) is 1. The van der Waals surface area contributed by atoms with E-state index < -0.39 is 23.7 Å². The van der Waals surface area contributed by atoms with Gasteiger partial charge in [-0.1, -0.05) is 24.3 Å². The topological polar surface area (TPSA) is 91.3 Å². The van der Waals surface area contributed by atoms with Crippen LogP contribution < -0.4 is 10.6 Å². The summed E-state index contributed by atoms with van der Waals surface area (Å²) in [4.78, 5) is 28.8. The fraction of sp³-hybridized carbons (Fsp3) is 0.292. The standard InChI is InChI=1S/C24H22F3N3O3S/c25-24(26,27)18-3-1-2-4-19(18)30-23(33)29-17-11-9-14(10-12-17)20-13-28-21(34-20)15-5-7-16(8-6-15)22(31)32/h1-4,9-13,15-16H,5-8H2,(H,31,32)(H2,29,30,33). The largest absolute Gasteiger partial charge is 0.481 e. The zero-order valence-corrected chi connectivity index (χ0v) is 18.7. The highest BCUT2D eigenvalue weighted by molar-refractivity contribution is 7.15. The first-order valence-electron chi connectivity index (χ1n) is 10.7. The lowest BCUT2D eigenvalue weighted by atomic mass is 9.82. The minimum absolute atomic E-state index is 0.263. The maximum absolute atomic E-state index is 13.1. The van der Waals surface area contributed by atoms with E-state index in [1.165, 1.54) is 18.2 Å². The molecular weight excluding hydrogens is 467 g/mol. The molecular formula is C24H22F3N3O3S. The van der Waals surface area contributed by atoms with Crippen molar-refractivity contribution in [1.82, 2.24) is 4.98 Å². The number of rotatable bonds is 5. The number of anilines is 2. The van der Waals surface area contributed by atoms with Gasteiger partial charge in [0.1, 0.15) is 0 Å². The number of nitrogens with one attached hydrogen (secondary N) is 2. The van der Waals surface area contributed by atoms with Gasteiger partial charge in [0.15, 0.2) is 0 Å². The van der Waals surface area contributed by atoms with Gasteiger partial charge in [0.05, 0.1) is 27.1 Å². The number of carbonyl (C=O) groups is 2. The van der Waals surface area contributed by atoms with Crippen LogP contribution in [-0.2, 0) is 11.0 Å². The van der Waals surface area contributed by atoms with Gasteiger partial charge in [-0.3, -0.25) is 4.79 Å². The van der Waals surface area contributed by atoms with Crippen LogP contribution in [0.4, 0.5) is 29.3 Å². The van der Waals surface area contributed by atoms with Gasteiger partial charge in [0.25, 0.3) is 0 Å². The number of aromatic nitrogens is 1. The number of amides is 2. The molecule has 0 saturated heterocycles. The van der Waals surface area contributed by atoms with Crippen molar-refractivity contribution in [3.05, 3.63) is 65.3 Å². The number of hydrogen-bond acceptors (Lipinski definition) is 4. The van der Waals surface area contributed by atoms with E-state index in [0.29, 0.717) is 18.5 Å². The summed E-state index contributed by atoms with van der Waals surface area (Å²) in [6.45, 7) is 0. The predicted molar refractivity (Wildman–Crippen MR) is 124 cm³/mol. The number of benzene rings is 2. The van der Waals surface area contributed by atoms with Gasteiger partial charge in [-0.05, 0) is 55.5 Å². The molecule has 178 valence electrons. The monoisotopic (exact) mass is 489 g/mol. The average molecular weight is 490 g/mol. The van der Waals surface area contributed by atoms with Crippen LogP contribution >= 0.6 is 11.3 Å². The van der Waals surface area contributed by atoms with E-state index in [-0.39, 0.29) is 17.5 Å². The molecule has 0 aliphatic heterocycles. The molecule has 34 heavy (non-hydrogen) atoms. The van der Waals surface area contributed by atoms with Gasteiger partial charge in [0, 0.05) is 17.8 Å². The summed E-state index contributed by atoms with van der Waals surface area (Å²) in [5, 5.41) is 14.9. The lowest BCUT2D eigenvalue weighted by Gasteiger charge is -2.24. The van der Waals surface area contributed by atoms with Crippen LogP contribution in [0.1, 0.15) is 42.2 Å². The molecule has 10 heteroatoms. The Balaban J connectivity index is 1.37. The molecule has 1 heterocycles. The summed E-state index contributed by atoms with van der Waals surface area (Å²) in [7, 11) is 0. The molecule has 1 aliphatic rings. The van der Waals surface area contributed by atoms with Crippen molar-refractivity contribution in [3.8, 4) is 10.4 Å². The van der Waals surface area contributed by atoms with Gasteiger partial charge in [0.2, 0.25) is 0 Å². The second-order valence-corrected chi connectivity index (χ2v) is 9.21. The number of aliphatic carboxylic acids is 1. The van der Waals surface area contributed by atoms with Crippen molar-refractivity contribution in [2.45, 2.75) is 37.8 Å². The number of carboxylic acids is 1. The Kier molecular flexibility index (Phi) is 6.87. The van der Waals surface area contributed by atoms with Crippen molar-refractivity contribution < 1.29 is 27.9 Å². The number of carbonyl (C=O) groups excluding carboxylic acids is 1. The number of nitrogens with zero attached hydrogens (tertiary/aromatic N) is 1. The first kappa shape index (κ1) is 23.7. The Morgan fingerprint density at radius 3 is 2.29 bits per heavy atom. The number of para-hydroxylation sites is 1. The van der Waals surface area contributed by atoms with E-state index in [1.807, 2.05) is 0 Å². The van der Waals surface area contributed by atoms with Gasteiger partial charge in [-0.2, -0.15) is 13.2 Å². The minimum Gasteiger partial charge on any atom is -0.481 e. The molecule has 0 radical (unpaired) electrons. The van der Waals surface area contributed by atoms with Crippen molar-refractivity contribution in [3.63, 3.8) is 0 Å². The summed E-state index contributed by atoms with van der Waals surface area (Å²) in [5.41, 5.74) is 0.0930. The molecule has 0 atom stereocenters. The van der Waals surface area contributed by atoms with E-state index >= 15 is 0 Å². The van der Waals surface area contributed by atoms with E-state index in [0.717, 1.165) is 34.4 Å². The maximum atomic E-state index is 13.1. The molecule has 2 amide bonds. The summed E-state index contributed by atoms with van der Waals surface area (Å²) < 4.78 is 39.3. The molecule has 2 aromatic carbocycles. The summed E-state index contributed by atoms with van der Waals surface area (Å²) in [6, 6.07) is 10.9. The third-order valence-electron chi connectivity index (χ3n) is 5.86. The molecule has 6 nitrogen and oxygen atoms in total. The Labute approximate surface area is 197 Å². The van der Waals surface area contributed by atoms with Crippen LogP contribution in [0.2, 0.25) is 0 Å². The molecule has 0 bridgehead atoms. The van der Waals surface area contributed by atoms with Crippen molar-refractivity contribution in [2.75, 3.05) is 10.6 Å². The maximum Gasteiger partial charge on any atom is 0.418 e. The van der Waals surface area contributed by atoms with Crippen molar-refractivity contribution in [1.29, 1.82) is 0 Å². The summed E-state index contributed by atoms with van der Waals surface area (Å²) >= 11 is 1.56. The van der Waals surface area contributed by atoms with E-state index in [2.05, 4.69) is 15.6 Å². The summed E-state index contributed by atoms with van der Waals surface area (Å²) in [5.74, 6) is -0.737. The van der Waals surface area contributed by atoms with Gasteiger partial charge >= 0.3 is 18.2 Å². The fourth-order valence-corrected chi connectivity index (χ4v) is 5.13. The average Bonchev–Trinajstić information content (AvgIpc) is 3.29. The van der Waals surface area contributed by atoms with E-state index in [4.69, 9.17) is 5.11 Å². The Morgan fingerprint density at radius 2 is 1.65 bits per heavy atom. The smallest absolute Gasteiger partial charge is 0.418 e. The SMILES string of the molecule is O=C(Nc1ccc(-c2cnc(C3CCC(C(=O)O)CC3)s2)cc1)Nc1ccccc1C(F)(F)F. The Hall–Kier alpha value is -3.40. The zero-order valence-electron chi connectivity index (χ0n) is 17.9. The first-order chi connectivity index (χ1) is 16.2. The third-order valence-corrected chi connectivity index (χ3v) is 7.07. The van der Waals surface area contributed by atoms with Gasteiger partial charge in [-0.25, -0.2) is 9.78 Å². The number of hydrogen-bond donors (Lipinski definition) is 3. The van der Waals surface area contributed by atoms with E-state index in [9.17, 15) is 22.8 Å². The van der Waals surface area contributed by atoms with Gasteiger partial charge < -0.3 is 15.7 Å². The Bertz CT molecular complexity index is 1170. The fourth-order valence-electron chi connectivity index (χ4n) is 4.04. The third kappa shape index (κ3) is 5.56. The number of alkyl halides is 3. The van der Waals surface area contributed by atoms with Crippen LogP contribution in [0.25, 0.3) is 10.4 Å². The molecule has 3 N–H and O–H groups in total. The number of thiazole rings is 1. The molecule has 0 unspecified atom stereocenters. The van der Waals surface area contributed by atoms with Crippen LogP contribution in [0, 0.1) is 5.92 Å².